The minimum atomic E-state index is -0.552. The SMILES string of the molecule is CNC(C)(CCCN1CCC2CCCCC2C1)C(N)=O. The molecule has 4 heteroatoms. The van der Waals surface area contributed by atoms with Crippen molar-refractivity contribution in [3.05, 3.63) is 0 Å². The van der Waals surface area contributed by atoms with E-state index in [0.29, 0.717) is 0 Å². The Morgan fingerprint density at radius 2 is 2.00 bits per heavy atom. The summed E-state index contributed by atoms with van der Waals surface area (Å²) in [4.78, 5) is 14.1. The number of hydrogen-bond acceptors (Lipinski definition) is 3. The maximum Gasteiger partial charge on any atom is 0.237 e. The summed E-state index contributed by atoms with van der Waals surface area (Å²) in [6, 6.07) is 0. The molecular weight excluding hydrogens is 250 g/mol. The molecule has 2 rings (SSSR count). The second-order valence-corrected chi connectivity index (χ2v) is 6.94. The Kier molecular flexibility index (Phi) is 5.44. The summed E-state index contributed by atoms with van der Waals surface area (Å²) in [5.74, 6) is 1.68. The quantitative estimate of drug-likeness (QED) is 0.780. The molecule has 3 N–H and O–H groups in total. The second kappa shape index (κ2) is 6.90. The Hall–Kier alpha value is -0.610. The number of nitrogens with two attached hydrogens (primary N) is 1. The number of hydrogen-bond donors (Lipinski definition) is 2. The molecule has 2 fully saturated rings. The number of piperidine rings is 1. The van der Waals surface area contributed by atoms with E-state index in [1.165, 1.54) is 45.2 Å². The van der Waals surface area contributed by atoms with E-state index in [1.807, 2.05) is 14.0 Å². The van der Waals surface area contributed by atoms with Gasteiger partial charge in [0.2, 0.25) is 5.91 Å². The highest BCUT2D eigenvalue weighted by Gasteiger charge is 2.32. The Morgan fingerprint density at radius 1 is 1.30 bits per heavy atom. The van der Waals surface area contributed by atoms with Crippen LogP contribution in [0.1, 0.15) is 51.9 Å². The third-order valence-electron chi connectivity index (χ3n) is 5.62. The van der Waals surface area contributed by atoms with Gasteiger partial charge in [-0.3, -0.25) is 4.79 Å². The topological polar surface area (TPSA) is 58.4 Å². The van der Waals surface area contributed by atoms with Gasteiger partial charge >= 0.3 is 0 Å². The van der Waals surface area contributed by atoms with Crippen molar-refractivity contribution in [2.24, 2.45) is 17.6 Å². The first-order chi connectivity index (χ1) is 9.55. The monoisotopic (exact) mass is 281 g/mol. The van der Waals surface area contributed by atoms with Crippen LogP contribution >= 0.6 is 0 Å². The maximum atomic E-state index is 11.5. The van der Waals surface area contributed by atoms with Gasteiger partial charge in [0.15, 0.2) is 0 Å². The van der Waals surface area contributed by atoms with E-state index in [9.17, 15) is 4.79 Å². The zero-order chi connectivity index (χ0) is 14.6. The summed E-state index contributed by atoms with van der Waals surface area (Å²) in [5, 5.41) is 3.07. The average Bonchev–Trinajstić information content (AvgIpc) is 2.46. The molecule has 2 aliphatic rings. The smallest absolute Gasteiger partial charge is 0.237 e. The lowest BCUT2D eigenvalue weighted by Gasteiger charge is -2.41. The van der Waals surface area contributed by atoms with Crippen molar-refractivity contribution in [3.63, 3.8) is 0 Å². The lowest BCUT2D eigenvalue weighted by atomic mass is 9.75. The number of nitrogens with one attached hydrogen (secondary N) is 1. The number of primary amides is 1. The molecule has 3 unspecified atom stereocenters. The fraction of sp³-hybridized carbons (Fsp3) is 0.938. The molecule has 0 spiro atoms. The van der Waals surface area contributed by atoms with Gasteiger partial charge in [-0.2, -0.15) is 0 Å². The largest absolute Gasteiger partial charge is 0.368 e. The Bertz CT molecular complexity index is 334. The van der Waals surface area contributed by atoms with Crippen LogP contribution in [-0.2, 0) is 4.79 Å². The summed E-state index contributed by atoms with van der Waals surface area (Å²) < 4.78 is 0. The Balaban J connectivity index is 1.73. The van der Waals surface area contributed by atoms with E-state index < -0.39 is 5.54 Å². The van der Waals surface area contributed by atoms with Crippen LogP contribution in [0, 0.1) is 11.8 Å². The first kappa shape index (κ1) is 15.8. The van der Waals surface area contributed by atoms with Gasteiger partial charge in [-0.05, 0) is 64.6 Å². The molecular formula is C16H31N3O. The van der Waals surface area contributed by atoms with Crippen molar-refractivity contribution in [1.82, 2.24) is 10.2 Å². The van der Waals surface area contributed by atoms with E-state index in [-0.39, 0.29) is 5.91 Å². The molecule has 1 heterocycles. The lowest BCUT2D eigenvalue weighted by molar-refractivity contribution is -0.123. The van der Waals surface area contributed by atoms with Crippen molar-refractivity contribution in [2.45, 2.75) is 57.4 Å². The van der Waals surface area contributed by atoms with Crippen molar-refractivity contribution < 1.29 is 4.79 Å². The van der Waals surface area contributed by atoms with Crippen molar-refractivity contribution in [2.75, 3.05) is 26.7 Å². The van der Waals surface area contributed by atoms with Crippen LogP contribution < -0.4 is 11.1 Å². The van der Waals surface area contributed by atoms with Crippen LogP contribution in [-0.4, -0.2) is 43.0 Å². The summed E-state index contributed by atoms with van der Waals surface area (Å²) in [6.07, 6.45) is 8.99. The minimum Gasteiger partial charge on any atom is -0.368 e. The maximum absolute atomic E-state index is 11.5. The highest BCUT2D eigenvalue weighted by atomic mass is 16.1. The molecule has 1 aliphatic carbocycles. The van der Waals surface area contributed by atoms with Crippen LogP contribution in [0.5, 0.6) is 0 Å². The van der Waals surface area contributed by atoms with Crippen molar-refractivity contribution >= 4 is 5.91 Å². The predicted octanol–water partition coefficient (Wildman–Crippen LogP) is 1.74. The van der Waals surface area contributed by atoms with Crippen molar-refractivity contribution in [3.8, 4) is 0 Å². The molecule has 1 saturated carbocycles. The Labute approximate surface area is 123 Å². The van der Waals surface area contributed by atoms with Crippen molar-refractivity contribution in [1.29, 1.82) is 0 Å². The molecule has 1 amide bonds. The molecule has 0 aromatic rings. The number of rotatable bonds is 6. The number of fused-ring (bicyclic) bond motifs is 1. The molecule has 1 saturated heterocycles. The van der Waals surface area contributed by atoms with Gasteiger partial charge in [0.25, 0.3) is 0 Å². The van der Waals surface area contributed by atoms with E-state index in [4.69, 9.17) is 5.73 Å². The van der Waals surface area contributed by atoms with Crippen LogP contribution in [0.2, 0.25) is 0 Å². The van der Waals surface area contributed by atoms with Gasteiger partial charge < -0.3 is 16.0 Å². The fourth-order valence-electron chi connectivity index (χ4n) is 3.91. The second-order valence-electron chi connectivity index (χ2n) is 6.94. The third kappa shape index (κ3) is 3.73. The predicted molar refractivity (Wildman–Crippen MR) is 82.4 cm³/mol. The van der Waals surface area contributed by atoms with Gasteiger partial charge in [-0.1, -0.05) is 19.3 Å². The van der Waals surface area contributed by atoms with E-state index in [0.717, 1.165) is 31.2 Å². The van der Waals surface area contributed by atoms with Gasteiger partial charge in [-0.25, -0.2) is 0 Å². The van der Waals surface area contributed by atoms with E-state index >= 15 is 0 Å². The average molecular weight is 281 g/mol. The first-order valence-corrected chi connectivity index (χ1v) is 8.26. The van der Waals surface area contributed by atoms with Crippen LogP contribution in [0.4, 0.5) is 0 Å². The molecule has 0 bridgehead atoms. The number of carbonyl (C=O) groups is 1. The standard InChI is InChI=1S/C16H31N3O/c1-16(18-2,15(17)20)9-5-10-19-11-8-13-6-3-4-7-14(13)12-19/h13-14,18H,3-12H2,1-2H3,(H2,17,20). The third-order valence-corrected chi connectivity index (χ3v) is 5.62. The number of carbonyl (C=O) groups excluding carboxylic acids is 1. The number of likely N-dealkylation sites (tertiary alicyclic amines) is 1. The summed E-state index contributed by atoms with van der Waals surface area (Å²) in [5.41, 5.74) is 4.92. The minimum absolute atomic E-state index is 0.244. The molecule has 4 nitrogen and oxygen atoms in total. The molecule has 0 radical (unpaired) electrons. The number of likely N-dealkylation sites (N-methyl/N-ethyl adjacent to an activating group) is 1. The van der Waals surface area contributed by atoms with Gasteiger partial charge in [-0.15, -0.1) is 0 Å². The number of amides is 1. The summed E-state index contributed by atoms with van der Waals surface area (Å²) in [7, 11) is 1.82. The molecule has 1 aliphatic heterocycles. The van der Waals surface area contributed by atoms with E-state index in [1.54, 1.807) is 0 Å². The summed E-state index contributed by atoms with van der Waals surface area (Å²) >= 11 is 0. The Morgan fingerprint density at radius 3 is 2.65 bits per heavy atom. The highest BCUT2D eigenvalue weighted by molar-refractivity contribution is 5.84. The highest BCUT2D eigenvalue weighted by Crippen LogP contribution is 2.36. The first-order valence-electron chi connectivity index (χ1n) is 8.26. The lowest BCUT2D eigenvalue weighted by Crippen LogP contribution is -2.52. The molecule has 116 valence electrons. The zero-order valence-electron chi connectivity index (χ0n) is 13.2. The fourth-order valence-corrected chi connectivity index (χ4v) is 3.91. The van der Waals surface area contributed by atoms with E-state index in [2.05, 4.69) is 10.2 Å². The van der Waals surface area contributed by atoms with Gasteiger partial charge in [0, 0.05) is 6.54 Å². The molecule has 0 aromatic heterocycles. The molecule has 20 heavy (non-hydrogen) atoms. The summed E-state index contributed by atoms with van der Waals surface area (Å²) in [6.45, 7) is 5.53. The van der Waals surface area contributed by atoms with Crippen LogP contribution in [0.3, 0.4) is 0 Å². The van der Waals surface area contributed by atoms with Gasteiger partial charge in [0.05, 0.1) is 5.54 Å². The number of nitrogens with zero attached hydrogens (tertiary/aromatic N) is 1. The van der Waals surface area contributed by atoms with Gasteiger partial charge in [0.1, 0.15) is 0 Å². The zero-order valence-corrected chi connectivity index (χ0v) is 13.2. The molecule has 0 aromatic carbocycles. The normalized spacial score (nSPS) is 30.5. The molecule has 3 atom stereocenters. The van der Waals surface area contributed by atoms with Crippen LogP contribution in [0.25, 0.3) is 0 Å². The van der Waals surface area contributed by atoms with Crippen LogP contribution in [0.15, 0.2) is 0 Å².